The van der Waals surface area contributed by atoms with E-state index in [1.54, 1.807) is 4.90 Å². The van der Waals surface area contributed by atoms with Crippen LogP contribution in [0.4, 0.5) is 0 Å². The molecule has 1 aliphatic rings. The molecule has 1 heterocycles. The van der Waals surface area contributed by atoms with E-state index in [0.717, 1.165) is 24.8 Å². The third-order valence-electron chi connectivity index (χ3n) is 4.71. The summed E-state index contributed by atoms with van der Waals surface area (Å²) in [6.45, 7) is 4.68. The molecule has 1 aromatic carbocycles. The largest absolute Gasteiger partial charge is 0.480 e. The maximum atomic E-state index is 13.1. The van der Waals surface area contributed by atoms with Crippen molar-refractivity contribution in [2.75, 3.05) is 6.54 Å². The Morgan fingerprint density at radius 2 is 1.95 bits per heavy atom. The van der Waals surface area contributed by atoms with Crippen LogP contribution in [-0.4, -0.2) is 34.5 Å². The topological polar surface area (TPSA) is 57.6 Å². The first-order valence-electron chi connectivity index (χ1n) is 8.14. The first-order chi connectivity index (χ1) is 10.6. The second-order valence-corrected chi connectivity index (χ2v) is 6.16. The fourth-order valence-electron chi connectivity index (χ4n) is 3.24. The van der Waals surface area contributed by atoms with Gasteiger partial charge in [-0.2, -0.15) is 0 Å². The van der Waals surface area contributed by atoms with Crippen LogP contribution in [-0.2, 0) is 9.59 Å². The Kier molecular flexibility index (Phi) is 5.58. The van der Waals surface area contributed by atoms with Crippen molar-refractivity contribution in [2.45, 2.75) is 51.5 Å². The monoisotopic (exact) mass is 303 g/mol. The molecular formula is C18H25NO3. The molecule has 1 aliphatic heterocycles. The summed E-state index contributed by atoms with van der Waals surface area (Å²) in [7, 11) is 0. The van der Waals surface area contributed by atoms with E-state index in [1.807, 2.05) is 30.3 Å². The number of hydrogen-bond acceptors (Lipinski definition) is 2. The Hall–Kier alpha value is -1.84. The number of nitrogens with zero attached hydrogens (tertiary/aromatic N) is 1. The Morgan fingerprint density at radius 1 is 1.27 bits per heavy atom. The van der Waals surface area contributed by atoms with Crippen LogP contribution in [0.1, 0.15) is 51.0 Å². The van der Waals surface area contributed by atoms with Crippen molar-refractivity contribution in [3.63, 3.8) is 0 Å². The number of hydrogen-bond donors (Lipinski definition) is 1. The summed E-state index contributed by atoms with van der Waals surface area (Å²) in [4.78, 5) is 26.1. The molecule has 22 heavy (non-hydrogen) atoms. The second kappa shape index (κ2) is 7.43. The molecule has 4 nitrogen and oxygen atoms in total. The predicted octanol–water partition coefficient (Wildman–Crippen LogP) is 3.28. The molecule has 3 unspecified atom stereocenters. The van der Waals surface area contributed by atoms with Gasteiger partial charge in [0.2, 0.25) is 5.91 Å². The molecule has 1 N–H and O–H groups in total. The Morgan fingerprint density at radius 3 is 2.55 bits per heavy atom. The van der Waals surface area contributed by atoms with E-state index in [-0.39, 0.29) is 17.7 Å². The fraction of sp³-hybridized carbons (Fsp3) is 0.556. The van der Waals surface area contributed by atoms with Gasteiger partial charge in [0.1, 0.15) is 6.04 Å². The third-order valence-corrected chi connectivity index (χ3v) is 4.71. The normalized spacial score (nSPS) is 21.2. The van der Waals surface area contributed by atoms with Crippen LogP contribution in [0.5, 0.6) is 0 Å². The highest BCUT2D eigenvalue weighted by Crippen LogP contribution is 2.31. The van der Waals surface area contributed by atoms with Gasteiger partial charge in [-0.25, -0.2) is 4.79 Å². The lowest BCUT2D eigenvalue weighted by Crippen LogP contribution is -2.50. The molecule has 0 bridgehead atoms. The van der Waals surface area contributed by atoms with Crippen LogP contribution in [0.25, 0.3) is 0 Å². The van der Waals surface area contributed by atoms with E-state index >= 15 is 0 Å². The van der Waals surface area contributed by atoms with Gasteiger partial charge in [0.05, 0.1) is 5.92 Å². The number of likely N-dealkylation sites (tertiary alicyclic amines) is 1. The average molecular weight is 303 g/mol. The minimum absolute atomic E-state index is 0.0346. The number of carbonyl (C=O) groups is 2. The smallest absolute Gasteiger partial charge is 0.326 e. The standard InChI is InChI=1S/C18H25NO3/c1-3-13(2)16(14-9-5-4-6-10-14)17(20)19-12-8-7-11-15(19)18(21)22/h4-6,9-10,13,15-16H,3,7-8,11-12H2,1-2H3,(H,21,22). The van der Waals surface area contributed by atoms with Gasteiger partial charge in [-0.3, -0.25) is 4.79 Å². The summed E-state index contributed by atoms with van der Waals surface area (Å²) in [5.41, 5.74) is 0.983. The number of piperidine rings is 1. The SMILES string of the molecule is CCC(C)C(C(=O)N1CCCCC1C(=O)O)c1ccccc1. The zero-order valence-corrected chi connectivity index (χ0v) is 13.4. The summed E-state index contributed by atoms with van der Waals surface area (Å²) in [6.07, 6.45) is 3.21. The molecule has 0 aliphatic carbocycles. The lowest BCUT2D eigenvalue weighted by molar-refractivity contribution is -0.153. The van der Waals surface area contributed by atoms with Crippen LogP contribution >= 0.6 is 0 Å². The molecule has 0 radical (unpaired) electrons. The molecule has 3 atom stereocenters. The van der Waals surface area contributed by atoms with Crippen molar-refractivity contribution >= 4 is 11.9 Å². The zero-order chi connectivity index (χ0) is 16.1. The molecule has 1 fully saturated rings. The van der Waals surface area contributed by atoms with E-state index in [2.05, 4.69) is 13.8 Å². The Labute approximate surface area is 132 Å². The first-order valence-corrected chi connectivity index (χ1v) is 8.14. The number of amides is 1. The van der Waals surface area contributed by atoms with E-state index in [4.69, 9.17) is 0 Å². The summed E-state index contributed by atoms with van der Waals surface area (Å²) >= 11 is 0. The number of carboxylic acid groups (broad SMARTS) is 1. The second-order valence-electron chi connectivity index (χ2n) is 6.16. The molecular weight excluding hydrogens is 278 g/mol. The maximum Gasteiger partial charge on any atom is 0.326 e. The van der Waals surface area contributed by atoms with Crippen molar-refractivity contribution in [3.05, 3.63) is 35.9 Å². The summed E-state index contributed by atoms with van der Waals surface area (Å²) < 4.78 is 0. The van der Waals surface area contributed by atoms with Gasteiger partial charge in [-0.1, -0.05) is 50.6 Å². The van der Waals surface area contributed by atoms with Crippen LogP contribution in [0.15, 0.2) is 30.3 Å². The predicted molar refractivity (Wildman–Crippen MR) is 85.6 cm³/mol. The molecule has 0 aromatic heterocycles. The van der Waals surface area contributed by atoms with E-state index in [9.17, 15) is 14.7 Å². The highest BCUT2D eigenvalue weighted by Gasteiger charge is 2.37. The molecule has 1 aromatic rings. The summed E-state index contributed by atoms with van der Waals surface area (Å²) in [6, 6.07) is 9.06. The van der Waals surface area contributed by atoms with Crippen LogP contribution in [0.2, 0.25) is 0 Å². The molecule has 120 valence electrons. The van der Waals surface area contributed by atoms with Crippen LogP contribution in [0, 0.1) is 5.92 Å². The maximum absolute atomic E-state index is 13.1. The molecule has 1 amide bonds. The zero-order valence-electron chi connectivity index (χ0n) is 13.4. The minimum Gasteiger partial charge on any atom is -0.480 e. The number of aliphatic carboxylic acids is 1. The van der Waals surface area contributed by atoms with Crippen LogP contribution in [0.3, 0.4) is 0 Å². The number of benzene rings is 1. The molecule has 0 saturated carbocycles. The number of carboxylic acids is 1. The van der Waals surface area contributed by atoms with Gasteiger partial charge in [-0.15, -0.1) is 0 Å². The van der Waals surface area contributed by atoms with Gasteiger partial charge in [0.25, 0.3) is 0 Å². The number of carbonyl (C=O) groups excluding carboxylic acids is 1. The Bertz CT molecular complexity index is 514. The van der Waals surface area contributed by atoms with Gasteiger partial charge < -0.3 is 10.0 Å². The lowest BCUT2D eigenvalue weighted by Gasteiger charge is -2.37. The van der Waals surface area contributed by atoms with Crippen molar-refractivity contribution in [1.29, 1.82) is 0 Å². The van der Waals surface area contributed by atoms with Crippen molar-refractivity contribution < 1.29 is 14.7 Å². The van der Waals surface area contributed by atoms with Gasteiger partial charge in [0.15, 0.2) is 0 Å². The molecule has 0 spiro atoms. The van der Waals surface area contributed by atoms with Crippen molar-refractivity contribution in [2.24, 2.45) is 5.92 Å². The highest BCUT2D eigenvalue weighted by atomic mass is 16.4. The van der Waals surface area contributed by atoms with Crippen molar-refractivity contribution in [3.8, 4) is 0 Å². The first kappa shape index (κ1) is 16.5. The minimum atomic E-state index is -0.885. The fourth-order valence-corrected chi connectivity index (χ4v) is 3.24. The average Bonchev–Trinajstić information content (AvgIpc) is 2.55. The van der Waals surface area contributed by atoms with Crippen molar-refractivity contribution in [1.82, 2.24) is 4.90 Å². The van der Waals surface area contributed by atoms with E-state index in [0.29, 0.717) is 13.0 Å². The lowest BCUT2D eigenvalue weighted by atomic mass is 9.83. The van der Waals surface area contributed by atoms with E-state index in [1.165, 1.54) is 0 Å². The summed E-state index contributed by atoms with van der Waals surface area (Å²) in [5.74, 6) is -0.992. The quantitative estimate of drug-likeness (QED) is 0.908. The molecule has 2 rings (SSSR count). The number of rotatable bonds is 5. The Balaban J connectivity index is 2.30. The summed E-state index contributed by atoms with van der Waals surface area (Å²) in [5, 5.41) is 9.41. The van der Waals surface area contributed by atoms with Crippen LogP contribution < -0.4 is 0 Å². The highest BCUT2D eigenvalue weighted by molar-refractivity contribution is 5.88. The van der Waals surface area contributed by atoms with Gasteiger partial charge in [-0.05, 0) is 30.7 Å². The van der Waals surface area contributed by atoms with E-state index < -0.39 is 12.0 Å². The molecule has 4 heteroatoms. The third kappa shape index (κ3) is 3.49. The van der Waals surface area contributed by atoms with Gasteiger partial charge in [0, 0.05) is 6.54 Å². The molecule has 1 saturated heterocycles. The van der Waals surface area contributed by atoms with Gasteiger partial charge >= 0.3 is 5.97 Å².